The number of aryl methyl sites for hydroxylation is 1. The molecule has 1 heterocycles. The van der Waals surface area contributed by atoms with Crippen molar-refractivity contribution in [3.05, 3.63) is 22.8 Å². The van der Waals surface area contributed by atoms with Gasteiger partial charge in [-0.2, -0.15) is 0 Å². The summed E-state index contributed by atoms with van der Waals surface area (Å²) in [6.45, 7) is 7.89. The minimum Gasteiger partial charge on any atom is -0.476 e. The standard InChI is InChI=1S/C13H19ClN2O3/c1-9-10(14)5-6-11(16-9)18-8-7-15-12(17)19-13(2,3)4/h5-6H,7-8H2,1-4H3,(H,15,17). The van der Waals surface area contributed by atoms with Gasteiger partial charge in [-0.05, 0) is 33.8 Å². The Hall–Kier alpha value is -1.49. The first-order valence-electron chi connectivity index (χ1n) is 6.01. The van der Waals surface area contributed by atoms with Crippen molar-refractivity contribution in [1.29, 1.82) is 0 Å². The second-order valence-corrected chi connectivity index (χ2v) is 5.40. The van der Waals surface area contributed by atoms with E-state index in [-0.39, 0.29) is 0 Å². The minimum atomic E-state index is -0.500. The molecule has 0 aromatic carbocycles. The quantitative estimate of drug-likeness (QED) is 0.865. The first-order valence-corrected chi connectivity index (χ1v) is 6.38. The van der Waals surface area contributed by atoms with Gasteiger partial charge in [0.15, 0.2) is 0 Å². The number of rotatable bonds is 4. The number of hydrogen-bond acceptors (Lipinski definition) is 4. The van der Waals surface area contributed by atoms with Gasteiger partial charge in [-0.25, -0.2) is 9.78 Å². The maximum atomic E-state index is 11.3. The number of nitrogens with one attached hydrogen (secondary N) is 1. The molecule has 0 spiro atoms. The van der Waals surface area contributed by atoms with E-state index in [4.69, 9.17) is 21.1 Å². The minimum absolute atomic E-state index is 0.313. The van der Waals surface area contributed by atoms with Crippen LogP contribution in [0, 0.1) is 6.92 Å². The fraction of sp³-hybridized carbons (Fsp3) is 0.538. The third-order valence-electron chi connectivity index (χ3n) is 2.02. The summed E-state index contributed by atoms with van der Waals surface area (Å²) in [6.07, 6.45) is -0.462. The zero-order valence-electron chi connectivity index (χ0n) is 11.6. The van der Waals surface area contributed by atoms with E-state index in [0.717, 1.165) is 0 Å². The Bertz CT molecular complexity index is 444. The van der Waals surface area contributed by atoms with Crippen molar-refractivity contribution in [2.24, 2.45) is 0 Å². The number of halogens is 1. The number of carbonyl (C=O) groups excluding carboxylic acids is 1. The van der Waals surface area contributed by atoms with Gasteiger partial charge >= 0.3 is 6.09 Å². The van der Waals surface area contributed by atoms with Crippen LogP contribution in [0.4, 0.5) is 4.79 Å². The zero-order chi connectivity index (χ0) is 14.5. The van der Waals surface area contributed by atoms with Gasteiger partial charge in [-0.1, -0.05) is 11.6 Å². The van der Waals surface area contributed by atoms with Crippen LogP contribution in [-0.2, 0) is 4.74 Å². The number of nitrogens with zero attached hydrogens (tertiary/aromatic N) is 1. The van der Waals surface area contributed by atoms with Gasteiger partial charge in [-0.15, -0.1) is 0 Å². The molecule has 0 fully saturated rings. The molecular formula is C13H19ClN2O3. The van der Waals surface area contributed by atoms with Crippen LogP contribution >= 0.6 is 11.6 Å². The van der Waals surface area contributed by atoms with E-state index in [2.05, 4.69) is 10.3 Å². The topological polar surface area (TPSA) is 60.5 Å². The highest BCUT2D eigenvalue weighted by atomic mass is 35.5. The SMILES string of the molecule is Cc1nc(OCCNC(=O)OC(C)(C)C)ccc1Cl. The van der Waals surface area contributed by atoms with Crippen molar-refractivity contribution >= 4 is 17.7 Å². The number of alkyl carbamates (subject to hydrolysis) is 1. The number of carbonyl (C=O) groups is 1. The lowest BCUT2D eigenvalue weighted by Gasteiger charge is -2.19. The molecule has 1 aromatic heterocycles. The van der Waals surface area contributed by atoms with Crippen LogP contribution in [-0.4, -0.2) is 29.8 Å². The highest BCUT2D eigenvalue weighted by Crippen LogP contribution is 2.16. The molecule has 19 heavy (non-hydrogen) atoms. The summed E-state index contributed by atoms with van der Waals surface area (Å²) in [7, 11) is 0. The number of hydrogen-bond donors (Lipinski definition) is 1. The third kappa shape index (κ3) is 6.29. The van der Waals surface area contributed by atoms with Gasteiger partial charge in [0.1, 0.15) is 12.2 Å². The molecule has 1 amide bonds. The van der Waals surface area contributed by atoms with Gasteiger partial charge in [0, 0.05) is 6.07 Å². The van der Waals surface area contributed by atoms with E-state index >= 15 is 0 Å². The van der Waals surface area contributed by atoms with Gasteiger partial charge < -0.3 is 14.8 Å². The first-order chi connectivity index (χ1) is 8.78. The van der Waals surface area contributed by atoms with Crippen LogP contribution in [0.25, 0.3) is 0 Å². The fourth-order valence-corrected chi connectivity index (χ4v) is 1.33. The molecule has 0 aliphatic carbocycles. The summed E-state index contributed by atoms with van der Waals surface area (Å²) >= 11 is 5.85. The molecule has 0 atom stereocenters. The van der Waals surface area contributed by atoms with Crippen LogP contribution in [0.3, 0.4) is 0 Å². The smallest absolute Gasteiger partial charge is 0.407 e. The Kier molecular flexibility index (Phi) is 5.42. The Balaban J connectivity index is 2.27. The second-order valence-electron chi connectivity index (χ2n) is 4.99. The van der Waals surface area contributed by atoms with E-state index < -0.39 is 11.7 Å². The maximum Gasteiger partial charge on any atom is 0.407 e. The van der Waals surface area contributed by atoms with E-state index in [1.165, 1.54) is 0 Å². The third-order valence-corrected chi connectivity index (χ3v) is 2.42. The molecule has 6 heteroatoms. The Morgan fingerprint density at radius 2 is 2.11 bits per heavy atom. The Morgan fingerprint density at radius 1 is 1.42 bits per heavy atom. The number of ether oxygens (including phenoxy) is 2. The lowest BCUT2D eigenvalue weighted by molar-refractivity contribution is 0.0520. The summed E-state index contributed by atoms with van der Waals surface area (Å²) in [5, 5.41) is 3.19. The van der Waals surface area contributed by atoms with Crippen molar-refractivity contribution in [1.82, 2.24) is 10.3 Å². The molecule has 1 rings (SSSR count). The predicted octanol–water partition coefficient (Wildman–Crippen LogP) is 2.95. The maximum absolute atomic E-state index is 11.3. The van der Waals surface area contributed by atoms with E-state index in [1.807, 2.05) is 20.8 Å². The molecule has 0 radical (unpaired) electrons. The fourth-order valence-electron chi connectivity index (χ4n) is 1.22. The lowest BCUT2D eigenvalue weighted by atomic mass is 10.2. The van der Waals surface area contributed by atoms with Crippen molar-refractivity contribution in [3.8, 4) is 5.88 Å². The summed E-state index contributed by atoms with van der Waals surface area (Å²) < 4.78 is 10.5. The zero-order valence-corrected chi connectivity index (χ0v) is 12.4. The van der Waals surface area contributed by atoms with E-state index in [0.29, 0.717) is 29.7 Å². The molecular weight excluding hydrogens is 268 g/mol. The van der Waals surface area contributed by atoms with Crippen molar-refractivity contribution < 1.29 is 14.3 Å². The summed E-state index contributed by atoms with van der Waals surface area (Å²) in [4.78, 5) is 15.5. The molecule has 0 unspecified atom stereocenters. The van der Waals surface area contributed by atoms with Gasteiger partial charge in [0.25, 0.3) is 0 Å². The molecule has 1 aromatic rings. The van der Waals surface area contributed by atoms with Crippen LogP contribution in [0.15, 0.2) is 12.1 Å². The van der Waals surface area contributed by atoms with Crippen LogP contribution in [0.5, 0.6) is 5.88 Å². The normalized spacial score (nSPS) is 11.0. The largest absolute Gasteiger partial charge is 0.476 e. The van der Waals surface area contributed by atoms with Gasteiger partial charge in [0.2, 0.25) is 5.88 Å². The molecule has 0 saturated carbocycles. The summed E-state index contributed by atoms with van der Waals surface area (Å²) in [6, 6.07) is 3.41. The number of aromatic nitrogens is 1. The molecule has 106 valence electrons. The van der Waals surface area contributed by atoms with Crippen molar-refractivity contribution in [2.45, 2.75) is 33.3 Å². The van der Waals surface area contributed by atoms with Crippen molar-refractivity contribution in [3.63, 3.8) is 0 Å². The molecule has 1 N–H and O–H groups in total. The van der Waals surface area contributed by atoms with E-state index in [9.17, 15) is 4.79 Å². The average molecular weight is 287 g/mol. The highest BCUT2D eigenvalue weighted by Gasteiger charge is 2.15. The second kappa shape index (κ2) is 6.61. The highest BCUT2D eigenvalue weighted by molar-refractivity contribution is 6.31. The molecule has 5 nitrogen and oxygen atoms in total. The molecule has 0 aliphatic rings. The molecule has 0 bridgehead atoms. The van der Waals surface area contributed by atoms with Gasteiger partial charge in [0.05, 0.1) is 17.3 Å². The van der Waals surface area contributed by atoms with Crippen LogP contribution in [0.1, 0.15) is 26.5 Å². The molecule has 0 aliphatic heterocycles. The summed E-state index contributed by atoms with van der Waals surface area (Å²) in [5.41, 5.74) is 0.207. The van der Waals surface area contributed by atoms with Gasteiger partial charge in [-0.3, -0.25) is 0 Å². The van der Waals surface area contributed by atoms with Crippen LogP contribution < -0.4 is 10.1 Å². The Labute approximate surface area is 118 Å². The lowest BCUT2D eigenvalue weighted by Crippen LogP contribution is -2.34. The first kappa shape index (κ1) is 15.6. The predicted molar refractivity (Wildman–Crippen MR) is 73.7 cm³/mol. The Morgan fingerprint density at radius 3 is 2.68 bits per heavy atom. The van der Waals surface area contributed by atoms with E-state index in [1.54, 1.807) is 19.1 Å². The summed E-state index contributed by atoms with van der Waals surface area (Å²) in [5.74, 6) is 0.480. The molecule has 0 saturated heterocycles. The van der Waals surface area contributed by atoms with Crippen LogP contribution in [0.2, 0.25) is 5.02 Å². The van der Waals surface area contributed by atoms with Crippen molar-refractivity contribution in [2.75, 3.05) is 13.2 Å². The average Bonchev–Trinajstić information content (AvgIpc) is 2.27. The number of amides is 1. The number of pyridine rings is 1. The monoisotopic (exact) mass is 286 g/mol.